The Morgan fingerprint density at radius 2 is 1.11 bits per heavy atom. The first kappa shape index (κ1) is 28.3. The molecule has 1 aromatic carbocycles. The largest absolute Gasteiger partial charge is 0.460 e. The monoisotopic (exact) mass is 564 g/mol. The Kier molecular flexibility index (Phi) is 6.67. The third-order valence-corrected chi connectivity index (χ3v) is 4.85. The second-order valence-corrected chi connectivity index (χ2v) is 7.25. The summed E-state index contributed by atoms with van der Waals surface area (Å²) in [6.45, 7) is 0. The minimum absolute atomic E-state index is 0.126. The van der Waals surface area contributed by atoms with E-state index in [1.807, 2.05) is 0 Å². The molecule has 18 heteroatoms. The third-order valence-electron chi connectivity index (χ3n) is 4.85. The van der Waals surface area contributed by atoms with Crippen molar-refractivity contribution < 1.29 is 72.2 Å². The third kappa shape index (κ3) is 4.28. The first-order valence-corrected chi connectivity index (χ1v) is 9.45. The van der Waals surface area contributed by atoms with Crippen LogP contribution in [0.3, 0.4) is 0 Å². The normalized spacial score (nSPS) is 17.7. The lowest BCUT2D eigenvalue weighted by Gasteiger charge is -2.32. The van der Waals surface area contributed by atoms with Crippen LogP contribution < -0.4 is 14.5 Å². The molecule has 4 amide bonds. The van der Waals surface area contributed by atoms with Gasteiger partial charge >= 0.3 is 30.0 Å². The van der Waals surface area contributed by atoms with Gasteiger partial charge in [-0.15, -0.1) is 0 Å². The van der Waals surface area contributed by atoms with Crippen LogP contribution in [-0.4, -0.2) is 47.6 Å². The number of amides is 4. The summed E-state index contributed by atoms with van der Waals surface area (Å²) in [5.41, 5.74) is -1.54. The molecule has 204 valence electrons. The highest BCUT2D eigenvalue weighted by molar-refractivity contribution is 6.30. The molecule has 0 aromatic heterocycles. The van der Waals surface area contributed by atoms with Gasteiger partial charge < -0.3 is 4.74 Å². The Balaban J connectivity index is 2.12. The smallest absolute Gasteiger partial charge is 0.427 e. The molecule has 2 aliphatic rings. The van der Waals surface area contributed by atoms with Crippen LogP contribution in [0.2, 0.25) is 0 Å². The van der Waals surface area contributed by atoms with Crippen LogP contribution >= 0.6 is 0 Å². The number of rotatable bonds is 7. The Morgan fingerprint density at radius 1 is 0.658 bits per heavy atom. The highest BCUT2D eigenvalue weighted by atomic mass is 19.4. The van der Waals surface area contributed by atoms with E-state index in [1.54, 1.807) is 0 Å². The van der Waals surface area contributed by atoms with Crippen LogP contribution in [-0.2, 0) is 19.2 Å². The number of carbonyl (C=O) groups excluding carboxylic acids is 4. The Hall–Kier alpha value is -4.25. The summed E-state index contributed by atoms with van der Waals surface area (Å²) in [4.78, 5) is 48.0. The van der Waals surface area contributed by atoms with Gasteiger partial charge in [0.1, 0.15) is 0 Å². The van der Waals surface area contributed by atoms with E-state index in [2.05, 4.69) is 4.74 Å². The van der Waals surface area contributed by atoms with Crippen molar-refractivity contribution in [2.75, 3.05) is 9.80 Å². The molecule has 1 aromatic rings. The van der Waals surface area contributed by atoms with Crippen LogP contribution in [0, 0.1) is 0 Å². The minimum Gasteiger partial charge on any atom is -0.427 e. The molecule has 0 atom stereocenters. The molecule has 0 fully saturated rings. The molecule has 38 heavy (non-hydrogen) atoms. The number of anilines is 2. The predicted octanol–water partition coefficient (Wildman–Crippen LogP) is 4.50. The van der Waals surface area contributed by atoms with Crippen molar-refractivity contribution in [2.24, 2.45) is 0 Å². The van der Waals surface area contributed by atoms with Crippen molar-refractivity contribution >= 4 is 35.0 Å². The van der Waals surface area contributed by atoms with Gasteiger partial charge in [0.15, 0.2) is 5.75 Å². The quantitative estimate of drug-likeness (QED) is 0.277. The fourth-order valence-electron chi connectivity index (χ4n) is 2.98. The predicted molar refractivity (Wildman–Crippen MR) is 100 cm³/mol. The fraction of sp³-hybridized carbons (Fsp3) is 0.200. The van der Waals surface area contributed by atoms with Crippen molar-refractivity contribution in [3.63, 3.8) is 0 Å². The summed E-state index contributed by atoms with van der Waals surface area (Å²) in [5.74, 6) is -32.4. The maximum atomic E-state index is 14.3. The number of ether oxygens (including phenoxy) is 1. The number of carbonyl (C=O) groups is 4. The first-order valence-electron chi connectivity index (χ1n) is 9.45. The lowest BCUT2D eigenvalue weighted by atomic mass is 10.0. The van der Waals surface area contributed by atoms with Crippen LogP contribution in [0.4, 0.5) is 59.7 Å². The maximum Gasteiger partial charge on any atom is 0.460 e. The number of nitrogens with zero attached hydrogens (tertiary/aromatic N) is 2. The number of hydrogen-bond donors (Lipinski definition) is 0. The minimum atomic E-state index is -7.58. The summed E-state index contributed by atoms with van der Waals surface area (Å²) in [5, 5.41) is 0. The molecule has 0 saturated heterocycles. The number of halogens is 11. The van der Waals surface area contributed by atoms with Gasteiger partial charge in [0.25, 0.3) is 23.6 Å². The first-order chi connectivity index (χ1) is 17.3. The van der Waals surface area contributed by atoms with Gasteiger partial charge in [0.2, 0.25) is 5.83 Å². The van der Waals surface area contributed by atoms with Crippen LogP contribution in [0.5, 0.6) is 5.75 Å². The molecule has 2 aliphatic heterocycles. The maximum absolute atomic E-state index is 14.3. The molecule has 3 rings (SSSR count). The molecule has 0 saturated carbocycles. The SMILES string of the molecule is O=C1C=CC(=O)N1c1ccc(N2C(=O)C=CC2=O)c(OC(F)=C(F)C(F)(F)C(F)(F)C(F)(F)C(F)(F)F)c1. The second-order valence-electron chi connectivity index (χ2n) is 7.25. The molecule has 0 aliphatic carbocycles. The number of hydrogen-bond acceptors (Lipinski definition) is 5. The Labute approximate surface area is 202 Å². The van der Waals surface area contributed by atoms with E-state index in [0.29, 0.717) is 29.2 Å². The standard InChI is InChI=1S/C20H7F11N2O5/c21-15(17(23,24)18(25,26)19(27,28)20(29,30)31)16(22)38-10-7-8(32-11(34)3-4-12(32)35)1-2-9(10)33-13(36)5-6-14(33)37/h1-7H. The zero-order chi connectivity index (χ0) is 29.0. The number of allylic oxidation sites excluding steroid dienone is 1. The van der Waals surface area contributed by atoms with Gasteiger partial charge in [-0.05, 0) is 12.1 Å². The molecular formula is C20H7F11N2O5. The molecule has 0 bridgehead atoms. The van der Waals surface area contributed by atoms with E-state index in [9.17, 15) is 67.5 Å². The van der Waals surface area contributed by atoms with Crippen molar-refractivity contribution in [3.05, 3.63) is 54.3 Å². The second kappa shape index (κ2) is 8.95. The van der Waals surface area contributed by atoms with Crippen molar-refractivity contribution in [3.8, 4) is 5.75 Å². The molecule has 0 N–H and O–H groups in total. The zero-order valence-electron chi connectivity index (χ0n) is 17.6. The topological polar surface area (TPSA) is 84.0 Å². The molecule has 0 radical (unpaired) electrons. The summed E-state index contributed by atoms with van der Waals surface area (Å²) in [6.07, 6.45) is -4.64. The Morgan fingerprint density at radius 3 is 1.55 bits per heavy atom. The van der Waals surface area contributed by atoms with E-state index in [0.717, 1.165) is 18.2 Å². The molecule has 0 spiro atoms. The summed E-state index contributed by atoms with van der Waals surface area (Å²) in [6, 6.07) is -1.70. The van der Waals surface area contributed by atoms with Gasteiger partial charge in [-0.2, -0.15) is 48.3 Å². The summed E-state index contributed by atoms with van der Waals surface area (Å²) in [7, 11) is 0. The van der Waals surface area contributed by atoms with E-state index in [1.165, 1.54) is 0 Å². The van der Waals surface area contributed by atoms with E-state index in [4.69, 9.17) is 0 Å². The number of imide groups is 2. The molecule has 2 heterocycles. The van der Waals surface area contributed by atoms with E-state index < -0.39 is 76.5 Å². The van der Waals surface area contributed by atoms with Crippen LogP contribution in [0.15, 0.2) is 54.3 Å². The van der Waals surface area contributed by atoms with E-state index >= 15 is 0 Å². The number of benzene rings is 1. The van der Waals surface area contributed by atoms with Gasteiger partial charge in [-0.3, -0.25) is 19.2 Å². The summed E-state index contributed by atoms with van der Waals surface area (Å²) < 4.78 is 150. The van der Waals surface area contributed by atoms with Gasteiger partial charge in [0.05, 0.1) is 11.4 Å². The fourth-order valence-corrected chi connectivity index (χ4v) is 2.98. The van der Waals surface area contributed by atoms with Crippen molar-refractivity contribution in [1.82, 2.24) is 0 Å². The molecular weight excluding hydrogens is 557 g/mol. The van der Waals surface area contributed by atoms with Gasteiger partial charge in [0, 0.05) is 30.4 Å². The summed E-state index contributed by atoms with van der Waals surface area (Å²) >= 11 is 0. The van der Waals surface area contributed by atoms with Crippen LogP contribution in [0.25, 0.3) is 0 Å². The van der Waals surface area contributed by atoms with Crippen LogP contribution in [0.1, 0.15) is 0 Å². The number of alkyl halides is 9. The van der Waals surface area contributed by atoms with E-state index in [-0.39, 0.29) is 4.90 Å². The van der Waals surface area contributed by atoms with Crippen molar-refractivity contribution in [2.45, 2.75) is 23.9 Å². The van der Waals surface area contributed by atoms with Crippen molar-refractivity contribution in [1.29, 1.82) is 0 Å². The highest BCUT2D eigenvalue weighted by Crippen LogP contribution is 2.56. The molecule has 7 nitrogen and oxygen atoms in total. The average molecular weight is 564 g/mol. The lowest BCUT2D eigenvalue weighted by molar-refractivity contribution is -0.392. The van der Waals surface area contributed by atoms with Gasteiger partial charge in [-0.25, -0.2) is 9.80 Å². The average Bonchev–Trinajstić information content (AvgIpc) is 3.32. The lowest BCUT2D eigenvalue weighted by Crippen LogP contribution is -2.61. The van der Waals surface area contributed by atoms with Gasteiger partial charge in [-0.1, -0.05) is 0 Å². The zero-order valence-corrected chi connectivity index (χ0v) is 17.6. The highest BCUT2D eigenvalue weighted by Gasteiger charge is 2.83. The molecule has 0 unspecified atom stereocenters. The Bertz CT molecular complexity index is 1290.